The smallest absolute Gasteiger partial charge is 0.409 e. The zero-order valence-corrected chi connectivity index (χ0v) is 8.00. The summed E-state index contributed by atoms with van der Waals surface area (Å²) in [5.41, 5.74) is 5.73. The maximum atomic E-state index is 10.4. The molecule has 0 spiro atoms. The van der Waals surface area contributed by atoms with Crippen LogP contribution < -0.4 is 10.5 Å². The van der Waals surface area contributed by atoms with Crippen molar-refractivity contribution < 1.29 is 9.53 Å². The van der Waals surface area contributed by atoms with Gasteiger partial charge in [0.1, 0.15) is 5.75 Å². The Kier molecular flexibility index (Phi) is 3.57. The zero-order valence-electron chi connectivity index (χ0n) is 7.19. The number of thioether (sulfide) groups is 1. The number of carbonyl (C=O) groups is 1. The third kappa shape index (κ3) is 3.33. The number of rotatable bonds is 3. The number of hydrogen-bond acceptors (Lipinski definition) is 4. The van der Waals surface area contributed by atoms with Crippen molar-refractivity contribution in [3.05, 3.63) is 24.0 Å². The molecule has 70 valence electrons. The summed E-state index contributed by atoms with van der Waals surface area (Å²) >= 11 is 1.65. The lowest BCUT2D eigenvalue weighted by Crippen LogP contribution is -2.16. The standard InChI is InChI=1S/C8H10N2O2S/c1-13-5-6-4-7(2-3-10-6)12-8(9)11/h2-4H,5H2,1H3,(H2,9,11). The fourth-order valence-electron chi connectivity index (χ4n) is 0.863. The van der Waals surface area contributed by atoms with Gasteiger partial charge in [-0.3, -0.25) is 4.98 Å². The molecule has 0 fully saturated rings. The number of ether oxygens (including phenoxy) is 1. The summed E-state index contributed by atoms with van der Waals surface area (Å²) in [6, 6.07) is 3.29. The first-order valence-corrected chi connectivity index (χ1v) is 5.03. The number of hydrogen-bond donors (Lipinski definition) is 1. The molecule has 0 aromatic carbocycles. The van der Waals surface area contributed by atoms with Crippen LogP contribution in [-0.2, 0) is 5.75 Å². The van der Waals surface area contributed by atoms with Crippen LogP contribution >= 0.6 is 11.8 Å². The molecule has 13 heavy (non-hydrogen) atoms. The van der Waals surface area contributed by atoms with E-state index < -0.39 is 6.09 Å². The summed E-state index contributed by atoms with van der Waals surface area (Å²) in [5, 5.41) is 0. The van der Waals surface area contributed by atoms with Gasteiger partial charge in [-0.2, -0.15) is 11.8 Å². The van der Waals surface area contributed by atoms with Crippen LogP contribution in [0, 0.1) is 0 Å². The molecule has 0 unspecified atom stereocenters. The molecule has 0 saturated carbocycles. The summed E-state index contributed by atoms with van der Waals surface area (Å²) in [6.45, 7) is 0. The number of nitrogens with two attached hydrogens (primary N) is 1. The number of aromatic nitrogens is 1. The Hall–Kier alpha value is -1.23. The summed E-state index contributed by atoms with van der Waals surface area (Å²) < 4.78 is 4.69. The van der Waals surface area contributed by atoms with Crippen molar-refractivity contribution in [3.63, 3.8) is 0 Å². The minimum absolute atomic E-state index is 0.437. The largest absolute Gasteiger partial charge is 0.410 e. The third-order valence-electron chi connectivity index (χ3n) is 1.30. The molecule has 1 aromatic rings. The van der Waals surface area contributed by atoms with Crippen LogP contribution in [0.2, 0.25) is 0 Å². The Morgan fingerprint density at radius 3 is 3.15 bits per heavy atom. The van der Waals surface area contributed by atoms with E-state index in [1.807, 2.05) is 6.26 Å². The second kappa shape index (κ2) is 4.71. The Morgan fingerprint density at radius 2 is 2.54 bits per heavy atom. The molecule has 1 heterocycles. The maximum absolute atomic E-state index is 10.4. The average molecular weight is 198 g/mol. The second-order valence-electron chi connectivity index (χ2n) is 2.34. The molecule has 0 saturated heterocycles. The average Bonchev–Trinajstić information content (AvgIpc) is 2.04. The molecular weight excluding hydrogens is 188 g/mol. The molecule has 2 N–H and O–H groups in total. The molecule has 0 radical (unpaired) electrons. The van der Waals surface area contributed by atoms with Crippen LogP contribution in [0.4, 0.5) is 4.79 Å². The molecular formula is C8H10N2O2S. The van der Waals surface area contributed by atoms with E-state index in [1.54, 1.807) is 30.1 Å². The highest BCUT2D eigenvalue weighted by molar-refractivity contribution is 7.97. The van der Waals surface area contributed by atoms with E-state index in [-0.39, 0.29) is 0 Å². The van der Waals surface area contributed by atoms with E-state index in [4.69, 9.17) is 10.5 Å². The fourth-order valence-corrected chi connectivity index (χ4v) is 1.32. The highest BCUT2D eigenvalue weighted by Gasteiger charge is 2.00. The van der Waals surface area contributed by atoms with Gasteiger partial charge in [-0.25, -0.2) is 4.79 Å². The predicted octanol–water partition coefficient (Wildman–Crippen LogP) is 1.40. The first-order valence-electron chi connectivity index (χ1n) is 3.63. The van der Waals surface area contributed by atoms with Crippen molar-refractivity contribution in [2.24, 2.45) is 5.73 Å². The lowest BCUT2D eigenvalue weighted by atomic mass is 10.3. The highest BCUT2D eigenvalue weighted by Crippen LogP contribution is 2.14. The lowest BCUT2D eigenvalue weighted by molar-refractivity contribution is 0.211. The van der Waals surface area contributed by atoms with Gasteiger partial charge in [-0.05, 0) is 12.3 Å². The van der Waals surface area contributed by atoms with Gasteiger partial charge in [0.25, 0.3) is 0 Å². The van der Waals surface area contributed by atoms with Crippen LogP contribution in [0.5, 0.6) is 5.75 Å². The Labute approximate surface area is 80.5 Å². The molecule has 0 bridgehead atoms. The highest BCUT2D eigenvalue weighted by atomic mass is 32.2. The van der Waals surface area contributed by atoms with E-state index >= 15 is 0 Å². The minimum Gasteiger partial charge on any atom is -0.410 e. The monoisotopic (exact) mass is 198 g/mol. The van der Waals surface area contributed by atoms with Crippen molar-refractivity contribution in [3.8, 4) is 5.75 Å². The van der Waals surface area contributed by atoms with E-state index in [1.165, 1.54) is 0 Å². The fraction of sp³-hybridized carbons (Fsp3) is 0.250. The third-order valence-corrected chi connectivity index (χ3v) is 1.88. The Balaban J connectivity index is 2.73. The topological polar surface area (TPSA) is 65.2 Å². The van der Waals surface area contributed by atoms with E-state index in [0.717, 1.165) is 11.4 Å². The molecule has 0 atom stereocenters. The summed E-state index contributed by atoms with van der Waals surface area (Å²) in [4.78, 5) is 14.5. The van der Waals surface area contributed by atoms with Gasteiger partial charge < -0.3 is 10.5 Å². The van der Waals surface area contributed by atoms with E-state index in [0.29, 0.717) is 5.75 Å². The van der Waals surface area contributed by atoms with Crippen molar-refractivity contribution in [1.29, 1.82) is 0 Å². The molecule has 0 aliphatic rings. The number of amides is 1. The normalized spacial score (nSPS) is 9.62. The Morgan fingerprint density at radius 1 is 1.77 bits per heavy atom. The first kappa shape index (κ1) is 9.85. The quantitative estimate of drug-likeness (QED) is 0.797. The summed E-state index contributed by atoms with van der Waals surface area (Å²) in [6.07, 6.45) is 2.76. The van der Waals surface area contributed by atoms with Crippen LogP contribution in [0.3, 0.4) is 0 Å². The zero-order chi connectivity index (χ0) is 9.68. The van der Waals surface area contributed by atoms with Gasteiger partial charge >= 0.3 is 6.09 Å². The van der Waals surface area contributed by atoms with Gasteiger partial charge in [-0.15, -0.1) is 0 Å². The van der Waals surface area contributed by atoms with Crippen LogP contribution in [0.15, 0.2) is 18.3 Å². The van der Waals surface area contributed by atoms with Crippen molar-refractivity contribution in [2.45, 2.75) is 5.75 Å². The van der Waals surface area contributed by atoms with Crippen molar-refractivity contribution in [1.82, 2.24) is 4.98 Å². The van der Waals surface area contributed by atoms with E-state index in [2.05, 4.69) is 4.98 Å². The molecule has 5 heteroatoms. The molecule has 4 nitrogen and oxygen atoms in total. The minimum atomic E-state index is -0.804. The number of pyridine rings is 1. The van der Waals surface area contributed by atoms with Gasteiger partial charge in [0, 0.05) is 18.0 Å². The van der Waals surface area contributed by atoms with E-state index in [9.17, 15) is 4.79 Å². The number of primary amides is 1. The molecule has 0 aliphatic heterocycles. The van der Waals surface area contributed by atoms with Gasteiger partial charge in [-0.1, -0.05) is 0 Å². The maximum Gasteiger partial charge on any atom is 0.409 e. The van der Waals surface area contributed by atoms with Crippen molar-refractivity contribution in [2.75, 3.05) is 6.26 Å². The Bertz CT molecular complexity index is 304. The van der Waals surface area contributed by atoms with Gasteiger partial charge in [0.2, 0.25) is 0 Å². The predicted molar refractivity (Wildman–Crippen MR) is 51.7 cm³/mol. The van der Waals surface area contributed by atoms with Crippen molar-refractivity contribution >= 4 is 17.9 Å². The second-order valence-corrected chi connectivity index (χ2v) is 3.20. The first-order chi connectivity index (χ1) is 6.22. The molecule has 1 amide bonds. The van der Waals surface area contributed by atoms with Gasteiger partial charge in [0.05, 0.1) is 5.69 Å². The SMILES string of the molecule is CSCc1cc(OC(N)=O)ccn1. The van der Waals surface area contributed by atoms with Crippen LogP contribution in [0.1, 0.15) is 5.69 Å². The summed E-state index contributed by atoms with van der Waals surface area (Å²) in [5.74, 6) is 1.22. The molecule has 0 aliphatic carbocycles. The summed E-state index contributed by atoms with van der Waals surface area (Å²) in [7, 11) is 0. The number of nitrogens with zero attached hydrogens (tertiary/aromatic N) is 1. The van der Waals surface area contributed by atoms with Crippen LogP contribution in [0.25, 0.3) is 0 Å². The van der Waals surface area contributed by atoms with Crippen LogP contribution in [-0.4, -0.2) is 17.3 Å². The molecule has 1 aromatic heterocycles. The molecule has 1 rings (SSSR count). The number of carbonyl (C=O) groups excluding carboxylic acids is 1. The van der Waals surface area contributed by atoms with Gasteiger partial charge in [0.15, 0.2) is 0 Å². The lowest BCUT2D eigenvalue weighted by Gasteiger charge is -2.01.